The number of fused-ring (bicyclic) bond motifs is 1. The van der Waals surface area contributed by atoms with Crippen molar-refractivity contribution in [1.29, 1.82) is 0 Å². The second kappa shape index (κ2) is 6.51. The Morgan fingerprint density at radius 2 is 1.84 bits per heavy atom. The Balaban J connectivity index is 1.47. The van der Waals surface area contributed by atoms with Crippen LogP contribution in [0.3, 0.4) is 0 Å². The van der Waals surface area contributed by atoms with Crippen molar-refractivity contribution >= 4 is 22.6 Å². The second-order valence-electron chi connectivity index (χ2n) is 6.09. The number of pyridine rings is 1. The van der Waals surface area contributed by atoms with Gasteiger partial charge in [-0.05, 0) is 37.3 Å². The summed E-state index contributed by atoms with van der Waals surface area (Å²) in [6.07, 6.45) is 3.59. The van der Waals surface area contributed by atoms with Crippen LogP contribution in [0.15, 0.2) is 42.7 Å². The molecule has 0 N–H and O–H groups in total. The van der Waals surface area contributed by atoms with Crippen LogP contribution >= 0.6 is 0 Å². The zero-order valence-corrected chi connectivity index (χ0v) is 14.2. The maximum absolute atomic E-state index is 12.8. The molecule has 3 aromatic rings. The van der Waals surface area contributed by atoms with E-state index >= 15 is 0 Å². The van der Waals surface area contributed by atoms with Gasteiger partial charge < -0.3 is 9.80 Å². The Hall–Kier alpha value is -2.96. The number of amides is 1. The highest BCUT2D eigenvalue weighted by atomic mass is 16.2. The number of rotatable bonds is 3. The lowest BCUT2D eigenvalue weighted by molar-refractivity contribution is 0.0747. The molecule has 2 aromatic heterocycles. The summed E-state index contributed by atoms with van der Waals surface area (Å²) in [5.74, 6) is 0.0577. The number of hydrogen-bond donors (Lipinski definition) is 0. The zero-order valence-electron chi connectivity index (χ0n) is 14.2. The summed E-state index contributed by atoms with van der Waals surface area (Å²) in [6.45, 7) is 5.85. The topological polar surface area (TPSA) is 67.2 Å². The number of anilines is 1. The first-order chi connectivity index (χ1) is 12.3. The van der Waals surface area contributed by atoms with Crippen molar-refractivity contribution in [2.24, 2.45) is 0 Å². The van der Waals surface area contributed by atoms with E-state index in [4.69, 9.17) is 0 Å². The molecule has 1 amide bonds. The Bertz CT molecular complexity index is 883. The standard InChI is InChI=1S/C18H20N6O/c1-2-24-17-4-3-14(13-16(17)20-21-24)18(25)23-11-9-22(10-12-23)15-5-7-19-8-6-15/h3-8,13H,2,9-12H2,1H3. The molecular formula is C18H20N6O. The van der Waals surface area contributed by atoms with Crippen LogP contribution in [-0.4, -0.2) is 57.0 Å². The molecule has 7 heteroatoms. The van der Waals surface area contributed by atoms with E-state index in [-0.39, 0.29) is 5.91 Å². The van der Waals surface area contributed by atoms with E-state index in [1.165, 1.54) is 0 Å². The lowest BCUT2D eigenvalue weighted by Crippen LogP contribution is -2.48. The molecule has 3 heterocycles. The Morgan fingerprint density at radius 1 is 1.08 bits per heavy atom. The largest absolute Gasteiger partial charge is 0.368 e. The summed E-state index contributed by atoms with van der Waals surface area (Å²) < 4.78 is 1.83. The molecule has 0 unspecified atom stereocenters. The number of aromatic nitrogens is 4. The van der Waals surface area contributed by atoms with E-state index in [2.05, 4.69) is 20.2 Å². The molecule has 1 saturated heterocycles. The minimum Gasteiger partial charge on any atom is -0.368 e. The molecule has 0 atom stereocenters. The molecule has 1 aliphatic rings. The molecule has 25 heavy (non-hydrogen) atoms. The maximum Gasteiger partial charge on any atom is 0.254 e. The van der Waals surface area contributed by atoms with Crippen LogP contribution in [0.4, 0.5) is 5.69 Å². The fourth-order valence-corrected chi connectivity index (χ4v) is 3.24. The molecule has 1 aromatic carbocycles. The smallest absolute Gasteiger partial charge is 0.254 e. The third-order valence-corrected chi connectivity index (χ3v) is 4.66. The van der Waals surface area contributed by atoms with Gasteiger partial charge in [0.05, 0.1) is 5.52 Å². The van der Waals surface area contributed by atoms with Crippen LogP contribution in [0.5, 0.6) is 0 Å². The van der Waals surface area contributed by atoms with E-state index < -0.39 is 0 Å². The molecule has 7 nitrogen and oxygen atoms in total. The summed E-state index contributed by atoms with van der Waals surface area (Å²) in [5, 5.41) is 8.26. The number of benzene rings is 1. The first-order valence-corrected chi connectivity index (χ1v) is 8.54. The predicted molar refractivity (Wildman–Crippen MR) is 95.6 cm³/mol. The number of aryl methyl sites for hydroxylation is 1. The van der Waals surface area contributed by atoms with Crippen molar-refractivity contribution in [3.05, 3.63) is 48.3 Å². The van der Waals surface area contributed by atoms with Gasteiger partial charge in [-0.25, -0.2) is 4.68 Å². The fourth-order valence-electron chi connectivity index (χ4n) is 3.24. The van der Waals surface area contributed by atoms with Gasteiger partial charge in [0.2, 0.25) is 0 Å². The van der Waals surface area contributed by atoms with Crippen molar-refractivity contribution in [2.45, 2.75) is 13.5 Å². The first-order valence-electron chi connectivity index (χ1n) is 8.54. The Labute approximate surface area is 145 Å². The molecule has 1 aliphatic heterocycles. The summed E-state index contributed by atoms with van der Waals surface area (Å²) in [7, 11) is 0. The van der Waals surface area contributed by atoms with Gasteiger partial charge in [-0.2, -0.15) is 0 Å². The van der Waals surface area contributed by atoms with Crippen molar-refractivity contribution < 1.29 is 4.79 Å². The third-order valence-electron chi connectivity index (χ3n) is 4.66. The number of carbonyl (C=O) groups is 1. The highest BCUT2D eigenvalue weighted by Gasteiger charge is 2.22. The van der Waals surface area contributed by atoms with E-state index in [0.717, 1.165) is 36.4 Å². The normalized spacial score (nSPS) is 14.9. The van der Waals surface area contributed by atoms with Gasteiger partial charge in [0.25, 0.3) is 5.91 Å². The number of carbonyl (C=O) groups excluding carboxylic acids is 1. The minimum atomic E-state index is 0.0577. The lowest BCUT2D eigenvalue weighted by Gasteiger charge is -2.36. The number of nitrogens with zero attached hydrogens (tertiary/aromatic N) is 6. The molecule has 0 aliphatic carbocycles. The van der Waals surface area contributed by atoms with Crippen LogP contribution < -0.4 is 4.90 Å². The summed E-state index contributed by atoms with van der Waals surface area (Å²) in [4.78, 5) is 21.0. The molecule has 0 bridgehead atoms. The number of piperazine rings is 1. The fraction of sp³-hybridized carbons (Fsp3) is 0.333. The average Bonchev–Trinajstić information content (AvgIpc) is 3.10. The summed E-state index contributed by atoms with van der Waals surface area (Å²) in [6, 6.07) is 9.64. The van der Waals surface area contributed by atoms with Crippen molar-refractivity contribution in [1.82, 2.24) is 24.9 Å². The molecule has 4 rings (SSSR count). The zero-order chi connectivity index (χ0) is 17.2. The van der Waals surface area contributed by atoms with E-state index in [0.29, 0.717) is 18.7 Å². The molecule has 0 saturated carbocycles. The quantitative estimate of drug-likeness (QED) is 0.730. The average molecular weight is 336 g/mol. The molecule has 0 radical (unpaired) electrons. The van der Waals surface area contributed by atoms with Gasteiger partial charge >= 0.3 is 0 Å². The summed E-state index contributed by atoms with van der Waals surface area (Å²) >= 11 is 0. The monoisotopic (exact) mass is 336 g/mol. The van der Waals surface area contributed by atoms with Gasteiger partial charge in [-0.3, -0.25) is 9.78 Å². The minimum absolute atomic E-state index is 0.0577. The summed E-state index contributed by atoms with van der Waals surface area (Å²) in [5.41, 5.74) is 3.55. The van der Waals surface area contributed by atoms with E-state index in [9.17, 15) is 4.79 Å². The lowest BCUT2D eigenvalue weighted by atomic mass is 10.1. The Kier molecular flexibility index (Phi) is 4.05. The van der Waals surface area contributed by atoms with E-state index in [1.54, 1.807) is 12.4 Å². The molecule has 1 fully saturated rings. The van der Waals surface area contributed by atoms with Crippen molar-refractivity contribution in [3.63, 3.8) is 0 Å². The first kappa shape index (κ1) is 15.6. The van der Waals surface area contributed by atoms with Crippen LogP contribution in [0.2, 0.25) is 0 Å². The highest BCUT2D eigenvalue weighted by Crippen LogP contribution is 2.18. The molecular weight excluding hydrogens is 316 g/mol. The SMILES string of the molecule is CCn1nnc2cc(C(=O)N3CCN(c4ccncc4)CC3)ccc21. The molecule has 0 spiro atoms. The van der Waals surface area contributed by atoms with Gasteiger partial charge in [-0.1, -0.05) is 5.21 Å². The third kappa shape index (κ3) is 2.93. The van der Waals surface area contributed by atoms with Crippen LogP contribution in [0, 0.1) is 0 Å². The number of hydrogen-bond acceptors (Lipinski definition) is 5. The van der Waals surface area contributed by atoms with Gasteiger partial charge in [-0.15, -0.1) is 5.10 Å². The van der Waals surface area contributed by atoms with Crippen LogP contribution in [0.1, 0.15) is 17.3 Å². The second-order valence-corrected chi connectivity index (χ2v) is 6.09. The van der Waals surface area contributed by atoms with Crippen LogP contribution in [-0.2, 0) is 6.54 Å². The van der Waals surface area contributed by atoms with E-state index in [1.807, 2.05) is 46.8 Å². The van der Waals surface area contributed by atoms with Gasteiger partial charge in [0.15, 0.2) is 0 Å². The van der Waals surface area contributed by atoms with Gasteiger partial charge in [0.1, 0.15) is 5.52 Å². The van der Waals surface area contributed by atoms with Crippen LogP contribution in [0.25, 0.3) is 11.0 Å². The molecule has 128 valence electrons. The maximum atomic E-state index is 12.8. The predicted octanol–water partition coefficient (Wildman–Crippen LogP) is 1.81. The van der Waals surface area contributed by atoms with Crippen molar-refractivity contribution in [2.75, 3.05) is 31.1 Å². The highest BCUT2D eigenvalue weighted by molar-refractivity contribution is 5.97. The van der Waals surface area contributed by atoms with Crippen molar-refractivity contribution in [3.8, 4) is 0 Å². The Morgan fingerprint density at radius 3 is 2.56 bits per heavy atom. The van der Waals surface area contributed by atoms with Gasteiger partial charge in [0, 0.05) is 56.4 Å².